The third kappa shape index (κ3) is 4.65. The summed E-state index contributed by atoms with van der Waals surface area (Å²) in [6.45, 7) is 2.10. The number of alkyl halides is 3. The second-order valence-electron chi connectivity index (χ2n) is 7.02. The van der Waals surface area contributed by atoms with E-state index < -0.39 is 23.7 Å². The smallest absolute Gasteiger partial charge is 0.388 e. The Morgan fingerprint density at radius 2 is 1.91 bits per heavy atom. The number of carbonyl (C=O) groups excluding carboxylic acids is 1. The summed E-state index contributed by atoms with van der Waals surface area (Å²) in [6, 6.07) is 3.40. The highest BCUT2D eigenvalue weighted by Crippen LogP contribution is 2.37. The minimum atomic E-state index is -4.65. The van der Waals surface area contributed by atoms with Crippen molar-refractivity contribution >= 4 is 11.8 Å². The van der Waals surface area contributed by atoms with Gasteiger partial charge in [-0.3, -0.25) is 15.0 Å². The number of aromatic amines is 1. The number of amides is 2. The predicted octanol–water partition coefficient (Wildman–Crippen LogP) is 3.05. The Labute approximate surface area is 189 Å². The van der Waals surface area contributed by atoms with Crippen molar-refractivity contribution in [2.45, 2.75) is 13.1 Å². The number of nitrogens with zero attached hydrogens (tertiary/aromatic N) is 5. The summed E-state index contributed by atoms with van der Waals surface area (Å²) in [6.07, 6.45) is -0.387. The van der Waals surface area contributed by atoms with Crippen molar-refractivity contribution in [3.8, 4) is 33.8 Å². The van der Waals surface area contributed by atoms with Crippen molar-refractivity contribution in [3.05, 3.63) is 53.0 Å². The minimum Gasteiger partial charge on any atom is -0.388 e. The van der Waals surface area contributed by atoms with E-state index in [1.807, 2.05) is 0 Å². The minimum absolute atomic E-state index is 0.0109. The molecule has 176 valence electrons. The second kappa shape index (κ2) is 8.80. The Balaban J connectivity index is 1.86. The highest BCUT2D eigenvalue weighted by atomic mass is 19.4. The lowest BCUT2D eigenvalue weighted by Crippen LogP contribution is -2.28. The standard InChI is InChI=1S/C20H17F3N8O3/c1-3-25-18(32)27-16-5-12(14-6-15(20(21,22)23)30-31(14)2)13(9-26-16)10-4-11(8-24-7-10)17-28-29-19(33)34-17/h4-9H,3H2,1-2H3,(H,29,33)(H2,25,26,27,32). The molecule has 0 aliphatic carbocycles. The summed E-state index contributed by atoms with van der Waals surface area (Å²) in [5.74, 6) is -0.650. The molecule has 11 nitrogen and oxygen atoms in total. The van der Waals surface area contributed by atoms with E-state index in [4.69, 9.17) is 4.42 Å². The van der Waals surface area contributed by atoms with Crippen molar-refractivity contribution in [1.29, 1.82) is 0 Å². The average molecular weight is 474 g/mol. The van der Waals surface area contributed by atoms with Gasteiger partial charge in [0.1, 0.15) is 5.82 Å². The van der Waals surface area contributed by atoms with Crippen molar-refractivity contribution in [1.82, 2.24) is 35.3 Å². The number of anilines is 1. The Morgan fingerprint density at radius 3 is 2.56 bits per heavy atom. The Kier molecular flexibility index (Phi) is 5.88. The summed E-state index contributed by atoms with van der Waals surface area (Å²) in [4.78, 5) is 31.6. The average Bonchev–Trinajstić information content (AvgIpc) is 3.39. The van der Waals surface area contributed by atoms with Crippen LogP contribution >= 0.6 is 0 Å². The van der Waals surface area contributed by atoms with Gasteiger partial charge in [0.05, 0.1) is 11.3 Å². The molecule has 0 bridgehead atoms. The van der Waals surface area contributed by atoms with Crippen LogP contribution < -0.4 is 16.4 Å². The van der Waals surface area contributed by atoms with Crippen LogP contribution in [0.5, 0.6) is 0 Å². The van der Waals surface area contributed by atoms with Gasteiger partial charge >= 0.3 is 18.0 Å². The molecule has 0 radical (unpaired) electrons. The number of pyridine rings is 2. The topological polar surface area (TPSA) is 144 Å². The van der Waals surface area contributed by atoms with Crippen molar-refractivity contribution in [2.24, 2.45) is 7.05 Å². The first-order valence-corrected chi connectivity index (χ1v) is 9.83. The fourth-order valence-corrected chi connectivity index (χ4v) is 3.20. The summed E-state index contributed by atoms with van der Waals surface area (Å²) in [5, 5.41) is 14.6. The molecule has 0 aliphatic rings. The first kappa shape index (κ1) is 22.7. The molecule has 0 atom stereocenters. The molecule has 3 N–H and O–H groups in total. The van der Waals surface area contributed by atoms with Crippen molar-refractivity contribution in [3.63, 3.8) is 0 Å². The van der Waals surface area contributed by atoms with Crippen LogP contribution in [0.2, 0.25) is 0 Å². The third-order valence-electron chi connectivity index (χ3n) is 4.66. The largest absolute Gasteiger partial charge is 0.435 e. The zero-order valence-electron chi connectivity index (χ0n) is 17.8. The normalized spacial score (nSPS) is 11.4. The van der Waals surface area contributed by atoms with Gasteiger partial charge in [0.25, 0.3) is 5.89 Å². The van der Waals surface area contributed by atoms with Gasteiger partial charge in [0.15, 0.2) is 5.69 Å². The van der Waals surface area contributed by atoms with Crippen molar-refractivity contribution in [2.75, 3.05) is 11.9 Å². The van der Waals surface area contributed by atoms with Gasteiger partial charge in [-0.2, -0.15) is 18.3 Å². The van der Waals surface area contributed by atoms with Crippen LogP contribution in [0.15, 0.2) is 46.0 Å². The van der Waals surface area contributed by atoms with Crippen LogP contribution in [0.4, 0.5) is 23.8 Å². The van der Waals surface area contributed by atoms with Gasteiger partial charge in [-0.05, 0) is 25.1 Å². The van der Waals surface area contributed by atoms with Crippen LogP contribution in [-0.4, -0.2) is 42.5 Å². The number of aryl methyl sites for hydroxylation is 1. The quantitative estimate of drug-likeness (QED) is 0.403. The molecule has 0 saturated carbocycles. The molecule has 0 aliphatic heterocycles. The van der Waals surface area contributed by atoms with Crippen molar-refractivity contribution < 1.29 is 22.4 Å². The van der Waals surface area contributed by atoms with Gasteiger partial charge in [0.2, 0.25) is 0 Å². The number of hydrogen-bond acceptors (Lipinski definition) is 7. The van der Waals surface area contributed by atoms with E-state index in [-0.39, 0.29) is 17.4 Å². The Morgan fingerprint density at radius 1 is 1.15 bits per heavy atom. The van der Waals surface area contributed by atoms with E-state index in [1.54, 1.807) is 13.0 Å². The van der Waals surface area contributed by atoms with Crippen LogP contribution in [-0.2, 0) is 13.2 Å². The number of halogens is 3. The molecule has 4 rings (SSSR count). The van der Waals surface area contributed by atoms with E-state index in [0.29, 0.717) is 28.8 Å². The SMILES string of the molecule is CCNC(=O)Nc1cc(-c2cc(C(F)(F)F)nn2C)c(-c2cncc(-c3n[nH]c(=O)o3)c2)cn1. The summed E-state index contributed by atoms with van der Waals surface area (Å²) >= 11 is 0. The molecule has 0 aromatic carbocycles. The van der Waals surface area contributed by atoms with Gasteiger partial charge in [0, 0.05) is 48.9 Å². The van der Waals surface area contributed by atoms with E-state index in [0.717, 1.165) is 10.7 Å². The molecule has 4 aromatic heterocycles. The Hall–Kier alpha value is -4.49. The molecule has 0 fully saturated rings. The highest BCUT2D eigenvalue weighted by molar-refractivity contribution is 5.91. The predicted molar refractivity (Wildman–Crippen MR) is 113 cm³/mol. The van der Waals surface area contributed by atoms with Gasteiger partial charge in [-0.1, -0.05) is 0 Å². The van der Waals surface area contributed by atoms with Gasteiger partial charge in [-0.15, -0.1) is 5.10 Å². The van der Waals surface area contributed by atoms with E-state index in [1.165, 1.54) is 31.7 Å². The second-order valence-corrected chi connectivity index (χ2v) is 7.02. The molecule has 2 amide bonds. The first-order valence-electron chi connectivity index (χ1n) is 9.83. The number of hydrogen-bond donors (Lipinski definition) is 3. The molecular weight excluding hydrogens is 457 g/mol. The first-order chi connectivity index (χ1) is 16.2. The molecule has 0 unspecified atom stereocenters. The molecule has 34 heavy (non-hydrogen) atoms. The monoisotopic (exact) mass is 474 g/mol. The molecule has 0 spiro atoms. The van der Waals surface area contributed by atoms with Gasteiger partial charge in [-0.25, -0.2) is 19.7 Å². The fourth-order valence-electron chi connectivity index (χ4n) is 3.20. The number of urea groups is 1. The zero-order valence-corrected chi connectivity index (χ0v) is 17.8. The van der Waals surface area contributed by atoms with Gasteiger partial charge < -0.3 is 9.73 Å². The lowest BCUT2D eigenvalue weighted by Gasteiger charge is -2.13. The number of rotatable bonds is 5. The maximum atomic E-state index is 13.3. The lowest BCUT2D eigenvalue weighted by atomic mass is 9.99. The van der Waals surface area contributed by atoms with Crippen LogP contribution in [0.1, 0.15) is 12.6 Å². The Bertz CT molecular complexity index is 1410. The highest BCUT2D eigenvalue weighted by Gasteiger charge is 2.35. The molecule has 4 heterocycles. The molecule has 14 heteroatoms. The van der Waals surface area contributed by atoms with E-state index in [9.17, 15) is 22.8 Å². The summed E-state index contributed by atoms with van der Waals surface area (Å²) in [7, 11) is 1.37. The van der Waals surface area contributed by atoms with Crippen LogP contribution in [0.25, 0.3) is 33.8 Å². The maximum absolute atomic E-state index is 13.3. The third-order valence-corrected chi connectivity index (χ3v) is 4.66. The van der Waals surface area contributed by atoms with Crippen LogP contribution in [0, 0.1) is 0 Å². The molecule has 4 aromatic rings. The summed E-state index contributed by atoms with van der Waals surface area (Å²) in [5.41, 5.74) is 0.550. The zero-order chi connectivity index (χ0) is 24.5. The van der Waals surface area contributed by atoms with E-state index in [2.05, 4.69) is 35.9 Å². The summed E-state index contributed by atoms with van der Waals surface area (Å²) < 4.78 is 45.9. The van der Waals surface area contributed by atoms with E-state index >= 15 is 0 Å². The maximum Gasteiger partial charge on any atom is 0.435 e. The molecule has 0 saturated heterocycles. The number of H-pyrrole nitrogens is 1. The lowest BCUT2D eigenvalue weighted by molar-refractivity contribution is -0.141. The number of aromatic nitrogens is 6. The number of carbonyl (C=O) groups is 1. The fraction of sp³-hybridized carbons (Fsp3) is 0.200. The number of nitrogens with one attached hydrogen (secondary N) is 3. The van der Waals surface area contributed by atoms with Crippen LogP contribution in [0.3, 0.4) is 0 Å². The molecular formula is C20H17F3N8O3.